The van der Waals surface area contributed by atoms with Crippen molar-refractivity contribution in [2.75, 3.05) is 5.32 Å². The van der Waals surface area contributed by atoms with E-state index in [1.807, 2.05) is 38.1 Å². The largest absolute Gasteiger partial charge is 0.329 e. The molecule has 2 N–H and O–H groups in total. The molecule has 1 heterocycles. The van der Waals surface area contributed by atoms with E-state index in [4.69, 9.17) is 23.2 Å². The van der Waals surface area contributed by atoms with Crippen LogP contribution in [0, 0.1) is 20.8 Å². The van der Waals surface area contributed by atoms with Crippen LogP contribution in [-0.4, -0.2) is 22.6 Å². The summed E-state index contributed by atoms with van der Waals surface area (Å²) in [5.74, 6) is -1.76. The highest BCUT2D eigenvalue weighted by Crippen LogP contribution is 2.25. The lowest BCUT2D eigenvalue weighted by Crippen LogP contribution is -2.32. The second-order valence-electron chi connectivity index (χ2n) is 6.73. The van der Waals surface area contributed by atoms with Crippen LogP contribution in [0.4, 0.5) is 5.69 Å². The van der Waals surface area contributed by atoms with Gasteiger partial charge in [0.1, 0.15) is 0 Å². The van der Waals surface area contributed by atoms with E-state index in [1.54, 1.807) is 6.07 Å². The Morgan fingerprint density at radius 2 is 1.70 bits per heavy atom. The third-order valence-corrected chi connectivity index (χ3v) is 5.32. The standard InChI is InChI=1S/C22H20Cl2N4O2/c1-13-6-4-5-7-20(13)28-14(2)10-16(15(28)3)12-25-27-22(30)21(29)26-17-8-9-18(23)19(24)11-17/h4-12H,1-3H3,(H,26,29)(H,27,30)/b25-12-. The average Bonchev–Trinajstić information content (AvgIpc) is 2.98. The Hall–Kier alpha value is -3.09. The molecule has 0 saturated carbocycles. The number of rotatable bonds is 4. The van der Waals surface area contributed by atoms with Crippen molar-refractivity contribution in [3.05, 3.63) is 81.1 Å². The summed E-state index contributed by atoms with van der Waals surface area (Å²) in [5.41, 5.74) is 7.66. The maximum atomic E-state index is 12.0. The second-order valence-corrected chi connectivity index (χ2v) is 7.54. The van der Waals surface area contributed by atoms with Crippen molar-refractivity contribution in [3.8, 4) is 5.69 Å². The first kappa shape index (κ1) is 21.6. The summed E-state index contributed by atoms with van der Waals surface area (Å²) in [6.07, 6.45) is 1.52. The molecular weight excluding hydrogens is 423 g/mol. The smallest absolute Gasteiger partial charge is 0.318 e. The Bertz CT molecular complexity index is 1150. The second kappa shape index (κ2) is 9.15. The summed E-state index contributed by atoms with van der Waals surface area (Å²) >= 11 is 11.7. The minimum atomic E-state index is -0.898. The van der Waals surface area contributed by atoms with E-state index >= 15 is 0 Å². The summed E-state index contributed by atoms with van der Waals surface area (Å²) in [7, 11) is 0. The number of aromatic nitrogens is 1. The van der Waals surface area contributed by atoms with E-state index < -0.39 is 11.8 Å². The van der Waals surface area contributed by atoms with Gasteiger partial charge in [-0.1, -0.05) is 41.4 Å². The zero-order valence-electron chi connectivity index (χ0n) is 16.7. The lowest BCUT2D eigenvalue weighted by molar-refractivity contribution is -0.136. The first-order valence-corrected chi connectivity index (χ1v) is 9.88. The van der Waals surface area contributed by atoms with Crippen LogP contribution in [0.3, 0.4) is 0 Å². The highest BCUT2D eigenvalue weighted by molar-refractivity contribution is 6.42. The van der Waals surface area contributed by atoms with Gasteiger partial charge in [0.15, 0.2) is 0 Å². The summed E-state index contributed by atoms with van der Waals surface area (Å²) in [6.45, 7) is 6.02. The predicted molar refractivity (Wildman–Crippen MR) is 121 cm³/mol. The van der Waals surface area contributed by atoms with Gasteiger partial charge in [0.05, 0.1) is 16.3 Å². The van der Waals surface area contributed by atoms with Gasteiger partial charge in [-0.2, -0.15) is 5.10 Å². The summed E-state index contributed by atoms with van der Waals surface area (Å²) < 4.78 is 2.12. The lowest BCUT2D eigenvalue weighted by atomic mass is 10.2. The van der Waals surface area contributed by atoms with Gasteiger partial charge in [-0.15, -0.1) is 0 Å². The van der Waals surface area contributed by atoms with Gasteiger partial charge >= 0.3 is 11.8 Å². The minimum Gasteiger partial charge on any atom is -0.318 e. The maximum absolute atomic E-state index is 12.0. The molecule has 3 aromatic rings. The Morgan fingerprint density at radius 3 is 2.40 bits per heavy atom. The molecule has 154 valence electrons. The number of nitrogens with zero attached hydrogens (tertiary/aromatic N) is 2. The number of hydrazone groups is 1. The molecule has 2 amide bonds. The molecule has 0 aliphatic carbocycles. The third-order valence-electron chi connectivity index (χ3n) is 4.58. The van der Waals surface area contributed by atoms with Crippen molar-refractivity contribution in [1.82, 2.24) is 9.99 Å². The van der Waals surface area contributed by atoms with Crippen LogP contribution in [0.5, 0.6) is 0 Å². The van der Waals surface area contributed by atoms with Crippen molar-refractivity contribution in [3.63, 3.8) is 0 Å². The normalized spacial score (nSPS) is 11.0. The molecule has 6 nitrogen and oxygen atoms in total. The predicted octanol–water partition coefficient (Wildman–Crippen LogP) is 4.80. The molecule has 0 aliphatic heterocycles. The summed E-state index contributed by atoms with van der Waals surface area (Å²) in [6, 6.07) is 14.6. The molecule has 1 aromatic heterocycles. The van der Waals surface area contributed by atoms with Crippen LogP contribution in [0.15, 0.2) is 53.6 Å². The van der Waals surface area contributed by atoms with Crippen LogP contribution in [0.1, 0.15) is 22.5 Å². The Labute approximate surface area is 184 Å². The van der Waals surface area contributed by atoms with Gasteiger partial charge in [0, 0.05) is 28.3 Å². The Morgan fingerprint density at radius 1 is 0.967 bits per heavy atom. The zero-order valence-corrected chi connectivity index (χ0v) is 18.2. The molecule has 2 aromatic carbocycles. The number of carbonyl (C=O) groups is 2. The fourth-order valence-electron chi connectivity index (χ4n) is 3.08. The average molecular weight is 443 g/mol. The SMILES string of the molecule is Cc1ccccc1-n1c(C)cc(/C=N\NC(=O)C(=O)Nc2ccc(Cl)c(Cl)c2)c1C. The lowest BCUT2D eigenvalue weighted by Gasteiger charge is -2.12. The molecule has 8 heteroatoms. The number of aryl methyl sites for hydroxylation is 2. The van der Waals surface area contributed by atoms with Crippen LogP contribution in [0.2, 0.25) is 10.0 Å². The van der Waals surface area contributed by atoms with Gasteiger partial charge in [0.25, 0.3) is 0 Å². The first-order chi connectivity index (χ1) is 14.3. The number of para-hydroxylation sites is 1. The molecular formula is C22H20Cl2N4O2. The van der Waals surface area contributed by atoms with Gasteiger partial charge in [-0.25, -0.2) is 5.43 Å². The van der Waals surface area contributed by atoms with Gasteiger partial charge in [0.2, 0.25) is 0 Å². The fraction of sp³-hybridized carbons (Fsp3) is 0.136. The zero-order chi connectivity index (χ0) is 21.8. The van der Waals surface area contributed by atoms with E-state index in [0.717, 1.165) is 28.2 Å². The van der Waals surface area contributed by atoms with Crippen molar-refractivity contribution < 1.29 is 9.59 Å². The Kier molecular flexibility index (Phi) is 6.59. The number of halogens is 2. The van der Waals surface area contributed by atoms with Gasteiger partial charge in [-0.05, 0) is 56.7 Å². The molecule has 0 aliphatic rings. The summed E-state index contributed by atoms with van der Waals surface area (Å²) in [5, 5.41) is 6.99. The number of hydrogen-bond acceptors (Lipinski definition) is 3. The highest BCUT2D eigenvalue weighted by Gasteiger charge is 2.14. The molecule has 0 spiro atoms. The molecule has 0 saturated heterocycles. The number of benzene rings is 2. The van der Waals surface area contributed by atoms with Crippen LogP contribution < -0.4 is 10.7 Å². The number of anilines is 1. The van der Waals surface area contributed by atoms with Crippen molar-refractivity contribution in [1.29, 1.82) is 0 Å². The monoisotopic (exact) mass is 442 g/mol. The maximum Gasteiger partial charge on any atom is 0.329 e. The van der Waals surface area contributed by atoms with Crippen LogP contribution in [-0.2, 0) is 9.59 Å². The Balaban J connectivity index is 1.68. The first-order valence-electron chi connectivity index (χ1n) is 9.12. The number of hydrogen-bond donors (Lipinski definition) is 2. The van der Waals surface area contributed by atoms with Gasteiger partial charge < -0.3 is 9.88 Å². The quantitative estimate of drug-likeness (QED) is 0.345. The number of amides is 2. The molecule has 0 bridgehead atoms. The molecule has 0 fully saturated rings. The molecule has 0 unspecified atom stereocenters. The fourth-order valence-corrected chi connectivity index (χ4v) is 3.37. The van der Waals surface area contributed by atoms with Crippen molar-refractivity contribution in [2.45, 2.75) is 20.8 Å². The van der Waals surface area contributed by atoms with E-state index in [1.165, 1.54) is 18.3 Å². The van der Waals surface area contributed by atoms with Crippen molar-refractivity contribution in [2.24, 2.45) is 5.10 Å². The molecule has 0 radical (unpaired) electrons. The van der Waals surface area contributed by atoms with Crippen molar-refractivity contribution >= 4 is 46.9 Å². The molecule has 30 heavy (non-hydrogen) atoms. The highest BCUT2D eigenvalue weighted by atomic mass is 35.5. The minimum absolute atomic E-state index is 0.275. The molecule has 3 rings (SSSR count). The summed E-state index contributed by atoms with van der Waals surface area (Å²) in [4.78, 5) is 24.0. The van der Waals surface area contributed by atoms with E-state index in [0.29, 0.717) is 10.7 Å². The molecule has 0 atom stereocenters. The van der Waals surface area contributed by atoms with E-state index in [2.05, 4.69) is 33.4 Å². The van der Waals surface area contributed by atoms with Crippen LogP contribution in [0.25, 0.3) is 5.69 Å². The van der Waals surface area contributed by atoms with E-state index in [-0.39, 0.29) is 5.02 Å². The van der Waals surface area contributed by atoms with Gasteiger partial charge in [-0.3, -0.25) is 9.59 Å². The topological polar surface area (TPSA) is 75.5 Å². The number of nitrogens with one attached hydrogen (secondary N) is 2. The van der Waals surface area contributed by atoms with E-state index in [9.17, 15) is 9.59 Å². The van der Waals surface area contributed by atoms with Crippen LogP contribution >= 0.6 is 23.2 Å². The third kappa shape index (κ3) is 4.72. The number of carbonyl (C=O) groups excluding carboxylic acids is 2.